The van der Waals surface area contributed by atoms with E-state index in [1.807, 2.05) is 6.20 Å². The number of aromatic amines is 1. The van der Waals surface area contributed by atoms with Crippen LogP contribution in [0.5, 0.6) is 5.75 Å². The topological polar surface area (TPSA) is 40.3 Å². The Morgan fingerprint density at radius 3 is 2.64 bits per heavy atom. The monoisotopic (exact) mass is 337 g/mol. The SMILES string of the molecule is CN(C)CCCOc1ccc(CNCc2cccc3[nH]ccc23)cc1. The van der Waals surface area contributed by atoms with Crippen LogP contribution >= 0.6 is 0 Å². The summed E-state index contributed by atoms with van der Waals surface area (Å²) in [5, 5.41) is 4.81. The zero-order valence-corrected chi connectivity index (χ0v) is 15.1. The van der Waals surface area contributed by atoms with Crippen LogP contribution in [0.25, 0.3) is 10.9 Å². The molecule has 0 amide bonds. The normalized spacial score (nSPS) is 11.3. The van der Waals surface area contributed by atoms with Crippen molar-refractivity contribution >= 4 is 10.9 Å². The molecule has 0 atom stereocenters. The van der Waals surface area contributed by atoms with Gasteiger partial charge in [0.15, 0.2) is 0 Å². The third-order valence-corrected chi connectivity index (χ3v) is 4.27. The maximum atomic E-state index is 5.77. The van der Waals surface area contributed by atoms with Gasteiger partial charge in [-0.2, -0.15) is 0 Å². The average Bonchev–Trinajstić information content (AvgIpc) is 3.09. The van der Waals surface area contributed by atoms with Crippen molar-refractivity contribution in [2.75, 3.05) is 27.2 Å². The van der Waals surface area contributed by atoms with Crippen LogP contribution < -0.4 is 10.1 Å². The largest absolute Gasteiger partial charge is 0.494 e. The summed E-state index contributed by atoms with van der Waals surface area (Å²) in [6.45, 7) is 3.52. The predicted molar refractivity (Wildman–Crippen MR) is 104 cm³/mol. The Morgan fingerprint density at radius 2 is 1.84 bits per heavy atom. The van der Waals surface area contributed by atoms with E-state index in [1.54, 1.807) is 0 Å². The number of ether oxygens (including phenoxy) is 1. The van der Waals surface area contributed by atoms with Crippen LogP contribution in [0.3, 0.4) is 0 Å². The molecule has 0 aliphatic heterocycles. The molecule has 0 unspecified atom stereocenters. The van der Waals surface area contributed by atoms with E-state index in [0.29, 0.717) is 0 Å². The standard InChI is InChI=1S/C21H27N3O/c1-24(2)13-4-14-25-19-9-7-17(8-10-19)15-22-16-18-5-3-6-21-20(18)11-12-23-21/h3,5-12,22-23H,4,13-16H2,1-2H3. The van der Waals surface area contributed by atoms with Crippen molar-refractivity contribution in [3.05, 3.63) is 65.9 Å². The van der Waals surface area contributed by atoms with Crippen LogP contribution in [-0.4, -0.2) is 37.1 Å². The van der Waals surface area contributed by atoms with Gasteiger partial charge in [-0.25, -0.2) is 0 Å². The van der Waals surface area contributed by atoms with E-state index in [1.165, 1.54) is 22.0 Å². The number of aromatic nitrogens is 1. The lowest BCUT2D eigenvalue weighted by Gasteiger charge is -2.11. The molecule has 2 N–H and O–H groups in total. The molecule has 0 aliphatic rings. The van der Waals surface area contributed by atoms with Crippen molar-refractivity contribution in [1.29, 1.82) is 0 Å². The van der Waals surface area contributed by atoms with E-state index in [2.05, 4.69) is 77.8 Å². The summed E-state index contributed by atoms with van der Waals surface area (Å²) in [6, 6.07) is 16.9. The molecule has 0 bridgehead atoms. The first kappa shape index (κ1) is 17.5. The van der Waals surface area contributed by atoms with Gasteiger partial charge in [0.1, 0.15) is 5.75 Å². The summed E-state index contributed by atoms with van der Waals surface area (Å²) in [5.41, 5.74) is 3.77. The lowest BCUT2D eigenvalue weighted by atomic mass is 10.1. The number of hydrogen-bond donors (Lipinski definition) is 2. The molecule has 0 saturated heterocycles. The van der Waals surface area contributed by atoms with Crippen molar-refractivity contribution in [1.82, 2.24) is 15.2 Å². The molecule has 2 aromatic carbocycles. The van der Waals surface area contributed by atoms with Gasteiger partial charge in [0.25, 0.3) is 0 Å². The van der Waals surface area contributed by atoms with Gasteiger partial charge in [0, 0.05) is 36.7 Å². The molecule has 0 radical (unpaired) electrons. The molecule has 0 saturated carbocycles. The van der Waals surface area contributed by atoms with Crippen molar-refractivity contribution in [3.8, 4) is 5.75 Å². The van der Waals surface area contributed by atoms with Crippen LogP contribution in [-0.2, 0) is 13.1 Å². The van der Waals surface area contributed by atoms with Crippen molar-refractivity contribution in [3.63, 3.8) is 0 Å². The molecule has 1 heterocycles. The van der Waals surface area contributed by atoms with Gasteiger partial charge in [0.2, 0.25) is 0 Å². The number of benzene rings is 2. The molecular weight excluding hydrogens is 310 g/mol. The van der Waals surface area contributed by atoms with Crippen molar-refractivity contribution < 1.29 is 4.74 Å². The summed E-state index contributed by atoms with van der Waals surface area (Å²) in [4.78, 5) is 5.43. The Hall–Kier alpha value is -2.30. The van der Waals surface area contributed by atoms with Gasteiger partial charge in [-0.15, -0.1) is 0 Å². The quantitative estimate of drug-likeness (QED) is 0.584. The van der Waals surface area contributed by atoms with E-state index in [4.69, 9.17) is 4.74 Å². The fourth-order valence-electron chi connectivity index (χ4n) is 2.92. The molecule has 3 rings (SSSR count). The summed E-state index contributed by atoms with van der Waals surface area (Å²) in [5.74, 6) is 0.944. The first-order valence-corrected chi connectivity index (χ1v) is 8.84. The van der Waals surface area contributed by atoms with E-state index >= 15 is 0 Å². The molecule has 0 aliphatic carbocycles. The Labute approximate surface area is 149 Å². The van der Waals surface area contributed by atoms with Gasteiger partial charge in [-0.05, 0) is 55.9 Å². The zero-order chi connectivity index (χ0) is 17.5. The smallest absolute Gasteiger partial charge is 0.119 e. The van der Waals surface area contributed by atoms with Crippen LogP contribution in [0.4, 0.5) is 0 Å². The Kier molecular flexibility index (Phi) is 6.09. The number of rotatable bonds is 9. The fraction of sp³-hybridized carbons (Fsp3) is 0.333. The fourth-order valence-corrected chi connectivity index (χ4v) is 2.92. The lowest BCUT2D eigenvalue weighted by Crippen LogP contribution is -2.15. The van der Waals surface area contributed by atoms with E-state index in [-0.39, 0.29) is 0 Å². The molecule has 4 nitrogen and oxygen atoms in total. The number of hydrogen-bond acceptors (Lipinski definition) is 3. The highest BCUT2D eigenvalue weighted by molar-refractivity contribution is 5.82. The summed E-state index contributed by atoms with van der Waals surface area (Å²) in [6.07, 6.45) is 3.03. The minimum atomic E-state index is 0.760. The Balaban J connectivity index is 1.45. The van der Waals surface area contributed by atoms with Crippen LogP contribution in [0, 0.1) is 0 Å². The minimum Gasteiger partial charge on any atom is -0.494 e. The van der Waals surface area contributed by atoms with Gasteiger partial charge >= 0.3 is 0 Å². The summed E-state index contributed by atoms with van der Waals surface area (Å²) in [7, 11) is 4.16. The zero-order valence-electron chi connectivity index (χ0n) is 15.1. The molecule has 1 aromatic heterocycles. The minimum absolute atomic E-state index is 0.760. The average molecular weight is 337 g/mol. The van der Waals surface area contributed by atoms with Gasteiger partial charge in [-0.1, -0.05) is 24.3 Å². The van der Waals surface area contributed by atoms with Gasteiger partial charge in [0.05, 0.1) is 6.61 Å². The molecule has 3 aromatic rings. The highest BCUT2D eigenvalue weighted by Gasteiger charge is 2.02. The Morgan fingerprint density at radius 1 is 1.00 bits per heavy atom. The summed E-state index contributed by atoms with van der Waals surface area (Å²) >= 11 is 0. The lowest BCUT2D eigenvalue weighted by molar-refractivity contribution is 0.281. The van der Waals surface area contributed by atoms with Crippen molar-refractivity contribution in [2.45, 2.75) is 19.5 Å². The number of nitrogens with zero attached hydrogens (tertiary/aromatic N) is 1. The van der Waals surface area contributed by atoms with Crippen molar-refractivity contribution in [2.24, 2.45) is 0 Å². The molecule has 25 heavy (non-hydrogen) atoms. The second-order valence-corrected chi connectivity index (χ2v) is 6.61. The highest BCUT2D eigenvalue weighted by atomic mass is 16.5. The first-order chi connectivity index (χ1) is 12.2. The second kappa shape index (κ2) is 8.70. The number of fused-ring (bicyclic) bond motifs is 1. The second-order valence-electron chi connectivity index (χ2n) is 6.61. The van der Waals surface area contributed by atoms with Gasteiger partial charge < -0.3 is 19.9 Å². The highest BCUT2D eigenvalue weighted by Crippen LogP contribution is 2.17. The number of nitrogens with one attached hydrogen (secondary N) is 2. The maximum Gasteiger partial charge on any atom is 0.119 e. The third-order valence-electron chi connectivity index (χ3n) is 4.27. The Bertz CT molecular complexity index is 777. The van der Waals surface area contributed by atoms with E-state index < -0.39 is 0 Å². The van der Waals surface area contributed by atoms with Crippen LogP contribution in [0.1, 0.15) is 17.5 Å². The molecule has 0 fully saturated rings. The van der Waals surface area contributed by atoms with Crippen LogP contribution in [0.2, 0.25) is 0 Å². The predicted octanol–water partition coefficient (Wildman–Crippen LogP) is 3.79. The molecule has 0 spiro atoms. The molecule has 132 valence electrons. The third kappa shape index (κ3) is 5.08. The molecule has 4 heteroatoms. The van der Waals surface area contributed by atoms with E-state index in [0.717, 1.165) is 38.4 Å². The maximum absolute atomic E-state index is 5.77. The first-order valence-electron chi connectivity index (χ1n) is 8.84. The van der Waals surface area contributed by atoms with Gasteiger partial charge in [-0.3, -0.25) is 0 Å². The summed E-state index contributed by atoms with van der Waals surface area (Å²) < 4.78 is 5.77. The van der Waals surface area contributed by atoms with E-state index in [9.17, 15) is 0 Å². The number of H-pyrrole nitrogens is 1. The van der Waals surface area contributed by atoms with Crippen LogP contribution in [0.15, 0.2) is 54.7 Å². The molecular formula is C21H27N3O.